The Bertz CT molecular complexity index is 1350. The summed E-state index contributed by atoms with van der Waals surface area (Å²) in [6, 6.07) is 28.5. The van der Waals surface area contributed by atoms with E-state index in [1.807, 2.05) is 67.6 Å². The zero-order chi connectivity index (χ0) is 31.7. The van der Waals surface area contributed by atoms with Gasteiger partial charge in [-0.05, 0) is 66.1 Å². The summed E-state index contributed by atoms with van der Waals surface area (Å²) in [5.74, 6) is -0.215. The molecule has 0 saturated carbocycles. The fourth-order valence-corrected chi connectivity index (χ4v) is 7.95. The van der Waals surface area contributed by atoms with Gasteiger partial charge in [0.1, 0.15) is 0 Å². The highest BCUT2D eigenvalue weighted by atomic mass is 32.2. The smallest absolute Gasteiger partial charge is 0.214 e. The van der Waals surface area contributed by atoms with Crippen LogP contribution in [0.3, 0.4) is 0 Å². The summed E-state index contributed by atoms with van der Waals surface area (Å²) in [5.41, 5.74) is 1.96. The Balaban J connectivity index is 1.45. The van der Waals surface area contributed by atoms with Gasteiger partial charge in [-0.2, -0.15) is 4.68 Å². The lowest BCUT2D eigenvalue weighted by Gasteiger charge is -2.29. The molecule has 0 spiro atoms. The first-order valence-electron chi connectivity index (χ1n) is 16.7. The van der Waals surface area contributed by atoms with E-state index in [9.17, 15) is 10.2 Å². The first kappa shape index (κ1) is 35.2. The van der Waals surface area contributed by atoms with E-state index in [4.69, 9.17) is 0 Å². The van der Waals surface area contributed by atoms with Gasteiger partial charge in [0.25, 0.3) is 0 Å². The van der Waals surface area contributed by atoms with Crippen molar-refractivity contribution in [2.24, 2.45) is 0 Å². The first-order valence-corrected chi connectivity index (χ1v) is 18.4. The monoisotopic (exact) mass is 646 g/mol. The average Bonchev–Trinajstić information content (AvgIpc) is 3.53. The second-order valence-corrected chi connectivity index (χ2v) is 14.3. The van der Waals surface area contributed by atoms with E-state index in [0.29, 0.717) is 11.6 Å². The van der Waals surface area contributed by atoms with Gasteiger partial charge in [-0.15, -0.1) is 5.10 Å². The van der Waals surface area contributed by atoms with Gasteiger partial charge in [0.15, 0.2) is 0 Å². The van der Waals surface area contributed by atoms with Gasteiger partial charge in [-0.25, -0.2) is 0 Å². The number of unbranched alkanes of at least 4 members (excludes halogenated alkanes) is 9. The Morgan fingerprint density at radius 3 is 2.00 bits per heavy atom. The minimum absolute atomic E-state index is 0.109. The van der Waals surface area contributed by atoms with Crippen LogP contribution in [0.5, 0.6) is 0 Å². The molecule has 0 aliphatic carbocycles. The van der Waals surface area contributed by atoms with E-state index in [-0.39, 0.29) is 11.2 Å². The van der Waals surface area contributed by atoms with Crippen molar-refractivity contribution >= 4 is 23.5 Å². The molecule has 1 aromatic heterocycles. The number of aliphatic hydroxyl groups is 2. The lowest BCUT2D eigenvalue weighted by Crippen LogP contribution is -2.29. The Labute approximate surface area is 278 Å². The highest BCUT2D eigenvalue weighted by Crippen LogP contribution is 2.39. The minimum Gasteiger partial charge on any atom is -0.393 e. The summed E-state index contributed by atoms with van der Waals surface area (Å²) in [5, 5.41) is 36.0. The van der Waals surface area contributed by atoms with Crippen LogP contribution in [0.1, 0.15) is 102 Å². The van der Waals surface area contributed by atoms with Crippen LogP contribution < -0.4 is 0 Å². The van der Waals surface area contributed by atoms with Crippen LogP contribution in [0.25, 0.3) is 5.69 Å². The predicted molar refractivity (Wildman–Crippen MR) is 187 cm³/mol. The molecule has 3 aromatic carbocycles. The number of aromatic nitrogens is 4. The molecule has 4 unspecified atom stereocenters. The quantitative estimate of drug-likeness (QED) is 0.0689. The summed E-state index contributed by atoms with van der Waals surface area (Å²) in [7, 11) is 0. The fraction of sp³-hybridized carbons (Fsp3) is 0.486. The number of nitrogens with zero attached hydrogens (tertiary/aromatic N) is 4. The standard InChI is InChI=1S/C37H50N4O2S2/c1-3-4-5-6-7-8-9-10-11-18-27-36(45-37-38-39-40-41(37)30-21-14-12-15-22-30)34(43)28-33(29(2)42)32-25-19-20-26-35(32)44-31-23-16-13-17-24-31/h12-17,19-26,29,33-34,36,42-43H,3-11,18,27-28H2,1-2H3. The van der Waals surface area contributed by atoms with Gasteiger partial charge < -0.3 is 10.2 Å². The SMILES string of the molecule is CCCCCCCCCCCCC(Sc1nnnn1-c1ccccc1)C(O)CC(c1ccccc1Sc1ccccc1)C(C)O. The molecule has 2 N–H and O–H groups in total. The number of para-hydroxylation sites is 1. The summed E-state index contributed by atoms with van der Waals surface area (Å²) < 4.78 is 1.75. The van der Waals surface area contributed by atoms with E-state index in [2.05, 4.69) is 46.7 Å². The maximum Gasteiger partial charge on any atom is 0.214 e. The van der Waals surface area contributed by atoms with Crippen molar-refractivity contribution in [1.29, 1.82) is 0 Å². The molecule has 0 bridgehead atoms. The number of tetrazole rings is 1. The molecule has 8 heteroatoms. The number of thioether (sulfide) groups is 1. The molecule has 6 nitrogen and oxygen atoms in total. The predicted octanol–water partition coefficient (Wildman–Crippen LogP) is 9.50. The van der Waals surface area contributed by atoms with Crippen LogP contribution in [-0.2, 0) is 0 Å². The van der Waals surface area contributed by atoms with Crippen molar-refractivity contribution in [2.45, 2.75) is 129 Å². The molecule has 0 aliphatic heterocycles. The molecule has 0 saturated heterocycles. The largest absolute Gasteiger partial charge is 0.393 e. The van der Waals surface area contributed by atoms with Crippen molar-refractivity contribution in [1.82, 2.24) is 20.2 Å². The molecule has 0 fully saturated rings. The van der Waals surface area contributed by atoms with E-state index >= 15 is 0 Å². The van der Waals surface area contributed by atoms with Crippen LogP contribution >= 0.6 is 23.5 Å². The maximum absolute atomic E-state index is 11.9. The van der Waals surface area contributed by atoms with Gasteiger partial charge in [0.05, 0.1) is 17.9 Å². The Kier molecular flexibility index (Phi) is 15.5. The van der Waals surface area contributed by atoms with Crippen molar-refractivity contribution in [3.63, 3.8) is 0 Å². The lowest BCUT2D eigenvalue weighted by molar-refractivity contribution is 0.0989. The summed E-state index contributed by atoms with van der Waals surface area (Å²) in [4.78, 5) is 2.26. The Morgan fingerprint density at radius 2 is 1.33 bits per heavy atom. The average molecular weight is 647 g/mol. The molecular weight excluding hydrogens is 597 g/mol. The molecule has 45 heavy (non-hydrogen) atoms. The van der Waals surface area contributed by atoms with Gasteiger partial charge in [0, 0.05) is 21.0 Å². The fourth-order valence-electron chi connectivity index (χ4n) is 5.77. The molecule has 0 amide bonds. The third kappa shape index (κ3) is 11.6. The summed E-state index contributed by atoms with van der Waals surface area (Å²) in [6.07, 6.45) is 12.7. The van der Waals surface area contributed by atoms with Gasteiger partial charge in [0.2, 0.25) is 5.16 Å². The molecule has 242 valence electrons. The Hall–Kier alpha value is -2.65. The number of aliphatic hydroxyl groups excluding tert-OH is 2. The van der Waals surface area contributed by atoms with E-state index in [0.717, 1.165) is 40.3 Å². The van der Waals surface area contributed by atoms with E-state index < -0.39 is 12.2 Å². The second kappa shape index (κ2) is 19.8. The van der Waals surface area contributed by atoms with Gasteiger partial charge >= 0.3 is 0 Å². The third-order valence-corrected chi connectivity index (χ3v) is 10.8. The highest BCUT2D eigenvalue weighted by Gasteiger charge is 2.30. The third-order valence-electron chi connectivity index (χ3n) is 8.34. The minimum atomic E-state index is -0.649. The van der Waals surface area contributed by atoms with Gasteiger partial charge in [-0.3, -0.25) is 0 Å². The van der Waals surface area contributed by atoms with Crippen molar-refractivity contribution in [3.05, 3.63) is 90.5 Å². The van der Waals surface area contributed by atoms with Crippen LogP contribution in [-0.4, -0.2) is 47.9 Å². The van der Waals surface area contributed by atoms with Crippen LogP contribution in [0, 0.1) is 0 Å². The zero-order valence-electron chi connectivity index (χ0n) is 26.9. The van der Waals surface area contributed by atoms with E-state index in [1.165, 1.54) is 51.4 Å². The molecular formula is C37H50N4O2S2. The Morgan fingerprint density at radius 1 is 0.733 bits per heavy atom. The number of hydrogen-bond acceptors (Lipinski definition) is 7. The van der Waals surface area contributed by atoms with Crippen LogP contribution in [0.2, 0.25) is 0 Å². The summed E-state index contributed by atoms with van der Waals surface area (Å²) in [6.45, 7) is 4.10. The molecule has 0 aliphatic rings. The molecule has 4 atom stereocenters. The van der Waals surface area contributed by atoms with Crippen molar-refractivity contribution in [2.75, 3.05) is 0 Å². The normalized spacial score (nSPS) is 14.2. The van der Waals surface area contributed by atoms with Gasteiger partial charge in [-0.1, -0.05) is 149 Å². The molecule has 0 radical (unpaired) electrons. The van der Waals surface area contributed by atoms with Crippen LogP contribution in [0.15, 0.2) is 99.9 Å². The highest BCUT2D eigenvalue weighted by molar-refractivity contribution is 8.00. The number of hydrogen-bond donors (Lipinski definition) is 2. The van der Waals surface area contributed by atoms with Crippen LogP contribution in [0.4, 0.5) is 0 Å². The second-order valence-electron chi connectivity index (χ2n) is 11.9. The topological polar surface area (TPSA) is 84.1 Å². The zero-order valence-corrected chi connectivity index (χ0v) is 28.5. The molecule has 4 rings (SSSR count). The lowest BCUT2D eigenvalue weighted by atomic mass is 9.87. The van der Waals surface area contributed by atoms with Crippen molar-refractivity contribution < 1.29 is 10.2 Å². The summed E-state index contributed by atoms with van der Waals surface area (Å²) >= 11 is 3.25. The van der Waals surface area contributed by atoms with Crippen molar-refractivity contribution in [3.8, 4) is 5.69 Å². The maximum atomic E-state index is 11.9. The van der Waals surface area contributed by atoms with E-state index in [1.54, 1.807) is 28.2 Å². The number of rotatable bonds is 21. The first-order chi connectivity index (χ1) is 22.1. The molecule has 1 heterocycles. The number of benzene rings is 3. The molecule has 4 aromatic rings.